The molecule has 2 aliphatic heterocycles. The van der Waals surface area contributed by atoms with E-state index >= 15 is 0 Å². The summed E-state index contributed by atoms with van der Waals surface area (Å²) in [4.78, 5) is 69.8. The van der Waals surface area contributed by atoms with Crippen LogP contribution in [0.2, 0.25) is 0 Å². The fraction of sp³-hybridized carbons (Fsp3) is 0.872. The van der Waals surface area contributed by atoms with E-state index in [-0.39, 0.29) is 65.8 Å². The molecule has 0 aromatic carbocycles. The van der Waals surface area contributed by atoms with Crippen molar-refractivity contribution in [2.45, 2.75) is 153 Å². The van der Waals surface area contributed by atoms with Crippen molar-refractivity contribution >= 4 is 29.5 Å². The van der Waals surface area contributed by atoms with Gasteiger partial charge in [-0.25, -0.2) is 4.79 Å². The third-order valence-corrected chi connectivity index (χ3v) is 12.9. The molecule has 5 aliphatic rings. The number of nitrogens with one attached hydrogen (secondary N) is 5. The third-order valence-electron chi connectivity index (χ3n) is 12.9. The number of azo groups is 1. The lowest BCUT2D eigenvalue weighted by Crippen LogP contribution is -2.85. The van der Waals surface area contributed by atoms with Crippen LogP contribution in [-0.4, -0.2) is 133 Å². The van der Waals surface area contributed by atoms with Gasteiger partial charge in [-0.1, -0.05) is 27.7 Å². The number of Topliss-reactive ketones (excluding diaryl/α,β-unsaturated/α-hetero) is 1. The first-order valence-electron chi connectivity index (χ1n) is 21.0. The van der Waals surface area contributed by atoms with Gasteiger partial charge in [-0.3, -0.25) is 19.2 Å². The van der Waals surface area contributed by atoms with Crippen LogP contribution in [0.15, 0.2) is 10.2 Å². The molecule has 1 spiro atoms. The van der Waals surface area contributed by atoms with Gasteiger partial charge >= 0.3 is 6.03 Å². The molecule has 0 bridgehead atoms. The highest BCUT2D eigenvalue weighted by molar-refractivity contribution is 6.17. The van der Waals surface area contributed by atoms with Gasteiger partial charge in [0, 0.05) is 24.9 Å². The standard InChI is InChI=1S/C39H67N9O6/c1-6-47(7-2)20-10-18-40-34(50)27-22-28(35(51)41-19-11-21-48(8-3)9-4)24-31(23-27)54-30-14-12-29(13-15-30)45-46-39(26(5)49)36(52)44-38(39)17-16-32-33(25-38)43-37(53)42-32/h27-33H,6-25H2,1-5H3,(H,40,50)(H,41,51)(H,44,52)(H2,42,43,53). The SMILES string of the molecule is CCN(CC)CCCNC(=O)C1CC(OC2CCC(N=NC3(C(C)=O)C(=O)NC34CCC3NC(=O)NC3C4)CC2)CC(C(=O)NCCCN(CC)CC)C1. The van der Waals surface area contributed by atoms with Crippen LogP contribution >= 0.6 is 0 Å². The van der Waals surface area contributed by atoms with Gasteiger partial charge < -0.3 is 41.1 Å². The molecule has 304 valence electrons. The van der Waals surface area contributed by atoms with Gasteiger partial charge in [0.05, 0.1) is 35.9 Å². The Bertz CT molecular complexity index is 1300. The summed E-state index contributed by atoms with van der Waals surface area (Å²) >= 11 is 0. The van der Waals surface area contributed by atoms with Crippen molar-refractivity contribution in [2.75, 3.05) is 52.4 Å². The fourth-order valence-electron chi connectivity index (χ4n) is 9.57. The van der Waals surface area contributed by atoms with Crippen LogP contribution in [0.1, 0.15) is 112 Å². The maximum atomic E-state index is 13.5. The second-order valence-electron chi connectivity index (χ2n) is 16.2. The summed E-state index contributed by atoms with van der Waals surface area (Å²) in [6, 6.07) is -0.581. The van der Waals surface area contributed by atoms with Crippen molar-refractivity contribution in [3.63, 3.8) is 0 Å². The van der Waals surface area contributed by atoms with E-state index in [1.54, 1.807) is 0 Å². The monoisotopic (exact) mass is 758 g/mol. The molecule has 3 saturated carbocycles. The van der Waals surface area contributed by atoms with Crippen molar-refractivity contribution in [3.8, 4) is 0 Å². The predicted molar refractivity (Wildman–Crippen MR) is 205 cm³/mol. The minimum Gasteiger partial charge on any atom is -0.375 e. The molecule has 2 saturated heterocycles. The molecule has 15 heteroatoms. The normalized spacial score (nSPS) is 33.6. The number of amides is 5. The van der Waals surface area contributed by atoms with Crippen LogP contribution in [-0.2, 0) is 23.9 Å². The fourth-order valence-corrected chi connectivity index (χ4v) is 9.57. The lowest BCUT2D eigenvalue weighted by Gasteiger charge is -2.57. The maximum absolute atomic E-state index is 13.5. The van der Waals surface area contributed by atoms with Crippen LogP contribution in [0.3, 0.4) is 0 Å². The van der Waals surface area contributed by atoms with Gasteiger partial charge in [-0.05, 0) is 123 Å². The van der Waals surface area contributed by atoms with Crippen LogP contribution in [0.25, 0.3) is 0 Å². The van der Waals surface area contributed by atoms with Gasteiger partial charge in [0.2, 0.25) is 17.4 Å². The topological polar surface area (TPSA) is 186 Å². The highest BCUT2D eigenvalue weighted by Crippen LogP contribution is 2.48. The van der Waals surface area contributed by atoms with Gasteiger partial charge in [0.15, 0.2) is 5.78 Å². The van der Waals surface area contributed by atoms with Gasteiger partial charge in [0.1, 0.15) is 0 Å². The van der Waals surface area contributed by atoms with E-state index in [0.717, 1.165) is 65.0 Å². The molecule has 6 atom stereocenters. The Morgan fingerprint density at radius 1 is 0.778 bits per heavy atom. The van der Waals surface area contributed by atoms with Crippen LogP contribution in [0.4, 0.5) is 4.79 Å². The highest BCUT2D eigenvalue weighted by atomic mass is 16.5. The average molecular weight is 758 g/mol. The summed E-state index contributed by atoms with van der Waals surface area (Å²) in [6.45, 7) is 17.0. The first kappa shape index (κ1) is 42.0. The Labute approximate surface area is 321 Å². The van der Waals surface area contributed by atoms with Gasteiger partial charge in [-0.2, -0.15) is 10.2 Å². The lowest BCUT2D eigenvalue weighted by molar-refractivity contribution is -0.155. The minimum atomic E-state index is -1.58. The molecule has 54 heavy (non-hydrogen) atoms. The zero-order chi connectivity index (χ0) is 38.9. The summed E-state index contributed by atoms with van der Waals surface area (Å²) in [5.41, 5.74) is -2.44. The Morgan fingerprint density at radius 2 is 1.33 bits per heavy atom. The van der Waals surface area contributed by atoms with E-state index in [1.807, 2.05) is 0 Å². The van der Waals surface area contributed by atoms with Crippen molar-refractivity contribution < 1.29 is 28.7 Å². The molecular formula is C39H67N9O6. The number of β-lactam (4-membered cyclic amide) rings is 1. The summed E-state index contributed by atoms with van der Waals surface area (Å²) < 4.78 is 6.68. The van der Waals surface area contributed by atoms with E-state index in [4.69, 9.17) is 4.74 Å². The van der Waals surface area contributed by atoms with E-state index in [2.05, 4.69) is 74.3 Å². The quantitative estimate of drug-likeness (QED) is 0.0576. The second kappa shape index (κ2) is 19.1. The Kier molecular flexibility index (Phi) is 14.9. The van der Waals surface area contributed by atoms with Crippen molar-refractivity contribution in [1.82, 2.24) is 36.4 Å². The van der Waals surface area contributed by atoms with Crippen molar-refractivity contribution in [1.29, 1.82) is 0 Å². The molecule has 5 N–H and O–H groups in total. The van der Waals surface area contributed by atoms with E-state index < -0.39 is 17.0 Å². The lowest BCUT2D eigenvalue weighted by atomic mass is 9.58. The zero-order valence-electron chi connectivity index (χ0n) is 33.4. The molecule has 6 unspecified atom stereocenters. The molecule has 2 heterocycles. The number of carbonyl (C=O) groups is 5. The smallest absolute Gasteiger partial charge is 0.315 e. The molecule has 15 nitrogen and oxygen atoms in total. The zero-order valence-corrected chi connectivity index (χ0v) is 33.4. The van der Waals surface area contributed by atoms with E-state index in [0.29, 0.717) is 64.5 Å². The van der Waals surface area contributed by atoms with E-state index in [9.17, 15) is 24.0 Å². The number of ether oxygens (including phenoxy) is 1. The number of ketones is 1. The number of carbonyl (C=O) groups excluding carboxylic acids is 5. The number of hydrogen-bond acceptors (Lipinski definition) is 10. The van der Waals surface area contributed by atoms with Crippen LogP contribution in [0, 0.1) is 11.8 Å². The average Bonchev–Trinajstić information content (AvgIpc) is 3.54. The van der Waals surface area contributed by atoms with Gasteiger partial charge in [-0.15, -0.1) is 0 Å². The first-order chi connectivity index (χ1) is 26.0. The minimum absolute atomic E-state index is 0.00330. The summed E-state index contributed by atoms with van der Waals surface area (Å²) in [6.07, 6.45) is 7.66. The largest absolute Gasteiger partial charge is 0.375 e. The molecule has 5 rings (SSSR count). The number of nitrogens with zero attached hydrogens (tertiary/aromatic N) is 4. The Balaban J connectivity index is 1.16. The number of rotatable bonds is 19. The maximum Gasteiger partial charge on any atom is 0.315 e. The predicted octanol–water partition coefficient (Wildman–Crippen LogP) is 2.68. The Hall–Kier alpha value is -3.17. The number of urea groups is 1. The molecule has 5 amide bonds. The third kappa shape index (κ3) is 9.61. The Morgan fingerprint density at radius 3 is 1.85 bits per heavy atom. The highest BCUT2D eigenvalue weighted by Gasteiger charge is 2.72. The molecule has 0 aromatic heterocycles. The molecule has 3 aliphatic carbocycles. The summed E-state index contributed by atoms with van der Waals surface area (Å²) in [5, 5.41) is 24.3. The van der Waals surface area contributed by atoms with Crippen molar-refractivity contribution in [2.24, 2.45) is 22.1 Å². The van der Waals surface area contributed by atoms with Crippen LogP contribution < -0.4 is 26.6 Å². The molecule has 5 fully saturated rings. The number of fused-ring (bicyclic) bond motifs is 1. The molecule has 0 radical (unpaired) electrons. The first-order valence-corrected chi connectivity index (χ1v) is 21.0. The summed E-state index contributed by atoms with van der Waals surface area (Å²) in [7, 11) is 0. The van der Waals surface area contributed by atoms with Gasteiger partial charge in [0.25, 0.3) is 5.91 Å². The van der Waals surface area contributed by atoms with E-state index in [1.165, 1.54) is 6.92 Å². The second-order valence-corrected chi connectivity index (χ2v) is 16.2. The molecular weight excluding hydrogens is 690 g/mol. The molecule has 0 aromatic rings. The van der Waals surface area contributed by atoms with Crippen molar-refractivity contribution in [3.05, 3.63) is 0 Å². The van der Waals surface area contributed by atoms with Crippen LogP contribution in [0.5, 0.6) is 0 Å². The summed E-state index contributed by atoms with van der Waals surface area (Å²) in [5.74, 6) is -1.33. The number of hydrogen-bond donors (Lipinski definition) is 5.